The monoisotopic (exact) mass is 689 g/mol. The lowest BCUT2D eigenvalue weighted by atomic mass is 9.88. The quantitative estimate of drug-likeness (QED) is 0.171. The van der Waals surface area contributed by atoms with E-state index in [1.165, 1.54) is 0 Å². The van der Waals surface area contributed by atoms with E-state index in [-0.39, 0.29) is 12.8 Å². The first kappa shape index (κ1) is 37.3. The average Bonchev–Trinajstić information content (AvgIpc) is 3.33. The Morgan fingerprint density at radius 3 is 2.22 bits per heavy atom. The third kappa shape index (κ3) is 10.5. The largest absolute Gasteiger partial charge is 0.492 e. The van der Waals surface area contributed by atoms with Gasteiger partial charge in [0.1, 0.15) is 30.2 Å². The number of nitrogens with one attached hydrogen (secondary N) is 2. The molecule has 0 saturated carbocycles. The van der Waals surface area contributed by atoms with Crippen LogP contribution >= 0.6 is 0 Å². The van der Waals surface area contributed by atoms with E-state index in [0.717, 1.165) is 44.0 Å². The summed E-state index contributed by atoms with van der Waals surface area (Å²) in [5, 5.41) is 39.1. The first-order chi connectivity index (χ1) is 24.0. The van der Waals surface area contributed by atoms with E-state index in [2.05, 4.69) is 15.5 Å². The molecule has 1 heterocycles. The zero-order valence-electron chi connectivity index (χ0n) is 29.2. The molecule has 3 aromatic carbocycles. The topological polar surface area (TPSA) is 150 Å². The Morgan fingerprint density at radius 1 is 0.900 bits per heavy atom. The fraction of sp³-hybridized carbons (Fsp3) is 0.487. The Hall–Kier alpha value is -4.00. The van der Waals surface area contributed by atoms with Gasteiger partial charge in [0.05, 0.1) is 31.4 Å². The Balaban J connectivity index is 1.32. The van der Waals surface area contributed by atoms with Crippen molar-refractivity contribution in [3.8, 4) is 5.75 Å². The number of benzene rings is 3. The van der Waals surface area contributed by atoms with Crippen molar-refractivity contribution in [2.45, 2.75) is 76.0 Å². The molecule has 3 aromatic rings. The Labute approximate surface area is 294 Å². The smallest absolute Gasteiger partial charge is 0.407 e. The molecular formula is C39H51N3O8. The van der Waals surface area contributed by atoms with Gasteiger partial charge in [-0.1, -0.05) is 66.7 Å². The lowest BCUT2D eigenvalue weighted by molar-refractivity contribution is -0.128. The van der Waals surface area contributed by atoms with Crippen LogP contribution in [-0.4, -0.2) is 95.5 Å². The summed E-state index contributed by atoms with van der Waals surface area (Å²) in [6.07, 6.45) is -3.57. The Kier molecular flexibility index (Phi) is 12.9. The van der Waals surface area contributed by atoms with Gasteiger partial charge >= 0.3 is 6.09 Å². The third-order valence-corrected chi connectivity index (χ3v) is 9.16. The predicted molar refractivity (Wildman–Crippen MR) is 189 cm³/mol. The van der Waals surface area contributed by atoms with Gasteiger partial charge < -0.3 is 40.2 Å². The molecule has 1 aliphatic carbocycles. The summed E-state index contributed by atoms with van der Waals surface area (Å²) >= 11 is 0. The van der Waals surface area contributed by atoms with E-state index < -0.39 is 53.9 Å². The number of aliphatic hydroxyl groups is 3. The number of hydrogen-bond donors (Lipinski definition) is 5. The van der Waals surface area contributed by atoms with Crippen LogP contribution in [-0.2, 0) is 27.1 Å². The van der Waals surface area contributed by atoms with Crippen LogP contribution in [0.3, 0.4) is 0 Å². The van der Waals surface area contributed by atoms with Crippen molar-refractivity contribution < 1.29 is 39.1 Å². The molecule has 0 bridgehead atoms. The molecule has 6 atom stereocenters. The molecule has 1 fully saturated rings. The summed E-state index contributed by atoms with van der Waals surface area (Å²) in [4.78, 5) is 29.3. The second kappa shape index (κ2) is 17.3. The molecule has 1 aliphatic heterocycles. The molecule has 2 aliphatic rings. The van der Waals surface area contributed by atoms with Crippen LogP contribution in [0.25, 0.3) is 0 Å². The third-order valence-electron chi connectivity index (χ3n) is 9.16. The van der Waals surface area contributed by atoms with Crippen molar-refractivity contribution in [3.05, 3.63) is 101 Å². The molecule has 270 valence electrons. The van der Waals surface area contributed by atoms with E-state index in [9.17, 15) is 24.9 Å². The minimum absolute atomic E-state index is 0.00392. The molecule has 5 N–H and O–H groups in total. The summed E-state index contributed by atoms with van der Waals surface area (Å²) in [5.74, 6) is -0.431. The Morgan fingerprint density at radius 2 is 1.54 bits per heavy atom. The van der Waals surface area contributed by atoms with Gasteiger partial charge in [-0.25, -0.2) is 4.79 Å². The molecule has 5 rings (SSSR count). The van der Waals surface area contributed by atoms with Gasteiger partial charge in [0.25, 0.3) is 0 Å². The average molecular weight is 690 g/mol. The molecule has 0 unspecified atom stereocenters. The highest BCUT2D eigenvalue weighted by atomic mass is 16.6. The fourth-order valence-corrected chi connectivity index (χ4v) is 6.52. The molecule has 50 heavy (non-hydrogen) atoms. The zero-order chi connectivity index (χ0) is 35.7. The van der Waals surface area contributed by atoms with Crippen molar-refractivity contribution >= 4 is 12.0 Å². The van der Waals surface area contributed by atoms with E-state index in [1.807, 2.05) is 54.6 Å². The molecule has 11 heteroatoms. The van der Waals surface area contributed by atoms with E-state index >= 15 is 0 Å². The predicted octanol–water partition coefficient (Wildman–Crippen LogP) is 3.71. The number of carbonyl (C=O) groups is 2. The number of morpholine rings is 1. The molecular weight excluding hydrogens is 638 g/mol. The van der Waals surface area contributed by atoms with Gasteiger partial charge in [-0.3, -0.25) is 9.69 Å². The molecule has 0 spiro atoms. The lowest BCUT2D eigenvalue weighted by Gasteiger charge is -2.30. The highest BCUT2D eigenvalue weighted by Gasteiger charge is 2.40. The van der Waals surface area contributed by atoms with Gasteiger partial charge in [0.15, 0.2) is 0 Å². The maximum Gasteiger partial charge on any atom is 0.407 e. The van der Waals surface area contributed by atoms with Crippen molar-refractivity contribution in [1.82, 2.24) is 15.5 Å². The molecule has 0 aromatic heterocycles. The van der Waals surface area contributed by atoms with E-state index in [4.69, 9.17) is 14.2 Å². The second-order valence-corrected chi connectivity index (χ2v) is 14.1. The minimum Gasteiger partial charge on any atom is -0.492 e. The van der Waals surface area contributed by atoms with Crippen LogP contribution in [0.4, 0.5) is 4.79 Å². The fourth-order valence-electron chi connectivity index (χ4n) is 6.52. The van der Waals surface area contributed by atoms with Crippen molar-refractivity contribution in [2.24, 2.45) is 5.92 Å². The standard InChI is InChI=1S/C39H51N3O8/c1-39(2,3)50-38(47)40-32(24-26-9-5-4-6-10-26)33(43)25-28(37(46)41-34-30-11-7-8-12-31(30)35(44)36(34)45)23-27-13-15-29(16-14-27)49-22-19-42-17-20-48-21-18-42/h4-16,28,32-36,43-45H,17-25H2,1-3H3,(H,40,47)(H,41,46)/t28-,32-,33-,34-,35-,36-/m0/s1. The van der Waals surface area contributed by atoms with Crippen LogP contribution in [0.15, 0.2) is 78.9 Å². The molecule has 0 radical (unpaired) electrons. The first-order valence-corrected chi connectivity index (χ1v) is 17.5. The van der Waals surface area contributed by atoms with Gasteiger partial charge in [-0.15, -0.1) is 0 Å². The minimum atomic E-state index is -1.23. The number of nitrogens with zero attached hydrogens (tertiary/aromatic N) is 1. The van der Waals surface area contributed by atoms with Crippen LogP contribution in [0, 0.1) is 5.92 Å². The van der Waals surface area contributed by atoms with Crippen LogP contribution in [0.2, 0.25) is 0 Å². The maximum absolute atomic E-state index is 14.1. The Bertz CT molecular complexity index is 1520. The molecule has 11 nitrogen and oxygen atoms in total. The number of aliphatic hydroxyl groups excluding tert-OH is 3. The second-order valence-electron chi connectivity index (χ2n) is 14.1. The molecule has 2 amide bonds. The van der Waals surface area contributed by atoms with Crippen molar-refractivity contribution in [3.63, 3.8) is 0 Å². The number of amides is 2. The van der Waals surface area contributed by atoms with Gasteiger partial charge in [0.2, 0.25) is 5.91 Å². The highest BCUT2D eigenvalue weighted by molar-refractivity contribution is 5.80. The number of ether oxygens (including phenoxy) is 3. The van der Waals surface area contributed by atoms with Crippen LogP contribution in [0.5, 0.6) is 5.75 Å². The molecule has 1 saturated heterocycles. The van der Waals surface area contributed by atoms with Gasteiger partial charge in [0, 0.05) is 25.6 Å². The summed E-state index contributed by atoms with van der Waals surface area (Å²) < 4.78 is 16.9. The lowest BCUT2D eigenvalue weighted by Crippen LogP contribution is -2.48. The van der Waals surface area contributed by atoms with Gasteiger partial charge in [-0.2, -0.15) is 0 Å². The van der Waals surface area contributed by atoms with E-state index in [0.29, 0.717) is 29.9 Å². The normalized spacial score (nSPS) is 21.0. The first-order valence-electron chi connectivity index (χ1n) is 17.5. The number of alkyl carbamates (subject to hydrolysis) is 1. The van der Waals surface area contributed by atoms with Gasteiger partial charge in [-0.05, 0) is 74.4 Å². The highest BCUT2D eigenvalue weighted by Crippen LogP contribution is 2.39. The number of fused-ring (bicyclic) bond motifs is 1. The van der Waals surface area contributed by atoms with Crippen LogP contribution in [0.1, 0.15) is 61.6 Å². The number of rotatable bonds is 14. The zero-order valence-corrected chi connectivity index (χ0v) is 29.2. The summed E-state index contributed by atoms with van der Waals surface area (Å²) in [6, 6.07) is 22.5. The maximum atomic E-state index is 14.1. The van der Waals surface area contributed by atoms with Crippen LogP contribution < -0.4 is 15.4 Å². The van der Waals surface area contributed by atoms with E-state index in [1.54, 1.807) is 45.0 Å². The number of hydrogen-bond acceptors (Lipinski definition) is 9. The number of carbonyl (C=O) groups excluding carboxylic acids is 2. The van der Waals surface area contributed by atoms with Crippen molar-refractivity contribution in [2.75, 3.05) is 39.5 Å². The summed E-state index contributed by atoms with van der Waals surface area (Å²) in [6.45, 7) is 9.88. The SMILES string of the molecule is CC(C)(C)OC(=O)N[C@@H](Cc1ccccc1)[C@@H](O)C[C@H](Cc1ccc(OCCN2CCOCC2)cc1)C(=O)N[C@H]1c2ccccc2[C@H](O)[C@H]1O. The van der Waals surface area contributed by atoms with Crippen molar-refractivity contribution in [1.29, 1.82) is 0 Å². The summed E-state index contributed by atoms with van der Waals surface area (Å²) in [5.41, 5.74) is 2.22. The summed E-state index contributed by atoms with van der Waals surface area (Å²) in [7, 11) is 0.